The van der Waals surface area contributed by atoms with Gasteiger partial charge >= 0.3 is 0 Å². The van der Waals surface area contributed by atoms with Crippen molar-refractivity contribution in [2.45, 2.75) is 19.3 Å². The van der Waals surface area contributed by atoms with E-state index in [1.807, 2.05) is 0 Å². The molecular weight excluding hydrogens is 167 g/mol. The number of rotatable bonds is 3. The maximum atomic E-state index is 12.8. The highest BCUT2D eigenvalue weighted by molar-refractivity contribution is 5.43. The van der Waals surface area contributed by atoms with Gasteiger partial charge in [-0.1, -0.05) is 13.0 Å². The number of nitrogen functional groups attached to an aromatic ring is 1. The second kappa shape index (κ2) is 4.23. The lowest BCUT2D eigenvalue weighted by molar-refractivity contribution is 0.628. The lowest BCUT2D eigenvalue weighted by Crippen LogP contribution is -2.05. The van der Waals surface area contributed by atoms with Gasteiger partial charge in [-0.3, -0.25) is 0 Å². The zero-order chi connectivity index (χ0) is 9.84. The molecular formula is C10H15FN2. The highest BCUT2D eigenvalue weighted by Gasteiger charge is 2.06. The first-order valence-electron chi connectivity index (χ1n) is 4.40. The molecule has 0 bridgehead atoms. The van der Waals surface area contributed by atoms with E-state index < -0.39 is 0 Å². The Hall–Kier alpha value is -1.09. The van der Waals surface area contributed by atoms with Crippen LogP contribution in [-0.4, -0.2) is 6.54 Å². The minimum Gasteiger partial charge on any atom is -0.396 e. The quantitative estimate of drug-likeness (QED) is 0.701. The maximum absolute atomic E-state index is 12.8. The smallest absolute Gasteiger partial charge is 0.146 e. The van der Waals surface area contributed by atoms with Crippen LogP contribution in [0.25, 0.3) is 0 Å². The van der Waals surface area contributed by atoms with Gasteiger partial charge in [-0.05, 0) is 36.6 Å². The summed E-state index contributed by atoms with van der Waals surface area (Å²) in [6.07, 6.45) is 0.894. The van der Waals surface area contributed by atoms with E-state index in [0.717, 1.165) is 12.0 Å². The number of hydrogen-bond acceptors (Lipinski definition) is 2. The lowest BCUT2D eigenvalue weighted by atomic mass is 9.97. The molecule has 1 rings (SSSR count). The third kappa shape index (κ3) is 2.42. The van der Waals surface area contributed by atoms with Crippen molar-refractivity contribution in [2.24, 2.45) is 5.73 Å². The Balaban J connectivity index is 2.84. The van der Waals surface area contributed by atoms with Gasteiger partial charge < -0.3 is 11.5 Å². The Bertz CT molecular complexity index is 286. The van der Waals surface area contributed by atoms with E-state index in [-0.39, 0.29) is 11.5 Å². The van der Waals surface area contributed by atoms with Crippen LogP contribution in [0.3, 0.4) is 0 Å². The van der Waals surface area contributed by atoms with Gasteiger partial charge in [0.15, 0.2) is 0 Å². The summed E-state index contributed by atoms with van der Waals surface area (Å²) in [7, 11) is 0. The zero-order valence-corrected chi connectivity index (χ0v) is 7.76. The van der Waals surface area contributed by atoms with Crippen LogP contribution in [0.15, 0.2) is 18.2 Å². The molecule has 1 unspecified atom stereocenters. The van der Waals surface area contributed by atoms with Crippen molar-refractivity contribution in [1.29, 1.82) is 0 Å². The van der Waals surface area contributed by atoms with Gasteiger partial charge in [0.25, 0.3) is 0 Å². The van der Waals surface area contributed by atoms with Crippen LogP contribution in [0.2, 0.25) is 0 Å². The molecule has 72 valence electrons. The monoisotopic (exact) mass is 182 g/mol. The Morgan fingerprint density at radius 2 is 2.15 bits per heavy atom. The van der Waals surface area contributed by atoms with Crippen molar-refractivity contribution in [3.63, 3.8) is 0 Å². The average molecular weight is 182 g/mol. The van der Waals surface area contributed by atoms with E-state index in [1.165, 1.54) is 6.07 Å². The highest BCUT2D eigenvalue weighted by Crippen LogP contribution is 2.21. The highest BCUT2D eigenvalue weighted by atomic mass is 19.1. The Morgan fingerprint density at radius 3 is 2.69 bits per heavy atom. The molecule has 0 fully saturated rings. The Morgan fingerprint density at radius 1 is 1.46 bits per heavy atom. The summed E-state index contributed by atoms with van der Waals surface area (Å²) in [6, 6.07) is 4.83. The minimum atomic E-state index is -0.358. The van der Waals surface area contributed by atoms with Gasteiger partial charge in [0.1, 0.15) is 5.82 Å². The van der Waals surface area contributed by atoms with E-state index in [0.29, 0.717) is 12.5 Å². The fraction of sp³-hybridized carbons (Fsp3) is 0.400. The molecule has 0 saturated carbocycles. The van der Waals surface area contributed by atoms with Crippen molar-refractivity contribution >= 4 is 5.69 Å². The molecule has 0 radical (unpaired) electrons. The summed E-state index contributed by atoms with van der Waals surface area (Å²) >= 11 is 0. The van der Waals surface area contributed by atoms with Gasteiger partial charge in [-0.25, -0.2) is 4.39 Å². The zero-order valence-electron chi connectivity index (χ0n) is 7.76. The summed E-state index contributed by atoms with van der Waals surface area (Å²) < 4.78 is 12.8. The summed E-state index contributed by atoms with van der Waals surface area (Å²) in [6.45, 7) is 2.69. The summed E-state index contributed by atoms with van der Waals surface area (Å²) in [5.74, 6) is -0.0170. The molecule has 0 heterocycles. The largest absolute Gasteiger partial charge is 0.396 e. The molecule has 0 spiro atoms. The van der Waals surface area contributed by atoms with Crippen molar-refractivity contribution in [3.05, 3.63) is 29.6 Å². The first kappa shape index (κ1) is 9.99. The van der Waals surface area contributed by atoms with Crippen LogP contribution < -0.4 is 11.5 Å². The first-order chi connectivity index (χ1) is 6.15. The fourth-order valence-electron chi connectivity index (χ4n) is 1.29. The number of hydrogen-bond donors (Lipinski definition) is 2. The van der Waals surface area contributed by atoms with Gasteiger partial charge in [-0.15, -0.1) is 0 Å². The molecule has 13 heavy (non-hydrogen) atoms. The molecule has 0 aliphatic rings. The predicted octanol–water partition coefficient (Wildman–Crippen LogP) is 1.86. The standard InChI is InChI=1S/C10H15FN2/c1-7(4-5-12)8-2-3-9(11)10(13)6-8/h2-3,6-7H,4-5,12-13H2,1H3. The lowest BCUT2D eigenvalue weighted by Gasteiger charge is -2.10. The molecule has 3 heteroatoms. The average Bonchev–Trinajstić information content (AvgIpc) is 2.10. The van der Waals surface area contributed by atoms with E-state index in [2.05, 4.69) is 6.92 Å². The molecule has 0 aliphatic carbocycles. The van der Waals surface area contributed by atoms with Gasteiger partial charge in [0, 0.05) is 0 Å². The van der Waals surface area contributed by atoms with Gasteiger partial charge in [0.05, 0.1) is 5.69 Å². The molecule has 1 aromatic carbocycles. The van der Waals surface area contributed by atoms with Crippen molar-refractivity contribution < 1.29 is 4.39 Å². The van der Waals surface area contributed by atoms with E-state index >= 15 is 0 Å². The molecule has 0 aliphatic heterocycles. The summed E-state index contributed by atoms with van der Waals surface area (Å²) in [5.41, 5.74) is 12.1. The molecule has 0 amide bonds. The molecule has 1 atom stereocenters. The SMILES string of the molecule is CC(CCN)c1ccc(F)c(N)c1. The second-order valence-electron chi connectivity index (χ2n) is 3.26. The third-order valence-corrected chi connectivity index (χ3v) is 2.19. The molecule has 4 N–H and O–H groups in total. The van der Waals surface area contributed by atoms with Crippen LogP contribution in [0.5, 0.6) is 0 Å². The topological polar surface area (TPSA) is 52.0 Å². The second-order valence-corrected chi connectivity index (χ2v) is 3.26. The van der Waals surface area contributed by atoms with Crippen LogP contribution >= 0.6 is 0 Å². The molecule has 0 aromatic heterocycles. The summed E-state index contributed by atoms with van der Waals surface area (Å²) in [4.78, 5) is 0. The predicted molar refractivity (Wildman–Crippen MR) is 52.9 cm³/mol. The van der Waals surface area contributed by atoms with Gasteiger partial charge in [-0.2, -0.15) is 0 Å². The van der Waals surface area contributed by atoms with Crippen molar-refractivity contribution in [1.82, 2.24) is 0 Å². The van der Waals surface area contributed by atoms with Crippen LogP contribution in [0.4, 0.5) is 10.1 Å². The van der Waals surface area contributed by atoms with E-state index in [9.17, 15) is 4.39 Å². The van der Waals surface area contributed by atoms with Gasteiger partial charge in [0.2, 0.25) is 0 Å². The van der Waals surface area contributed by atoms with Crippen LogP contribution in [0.1, 0.15) is 24.8 Å². The fourth-order valence-corrected chi connectivity index (χ4v) is 1.29. The Kier molecular flexibility index (Phi) is 3.25. The number of benzene rings is 1. The Labute approximate surface area is 77.7 Å². The molecule has 2 nitrogen and oxygen atoms in total. The molecule has 1 aromatic rings. The number of nitrogens with two attached hydrogens (primary N) is 2. The number of halogens is 1. The van der Waals surface area contributed by atoms with Crippen molar-refractivity contribution in [2.75, 3.05) is 12.3 Å². The van der Waals surface area contributed by atoms with Crippen molar-refractivity contribution in [3.8, 4) is 0 Å². The van der Waals surface area contributed by atoms with Crippen LogP contribution in [0, 0.1) is 5.82 Å². The van der Waals surface area contributed by atoms with Crippen LogP contribution in [-0.2, 0) is 0 Å². The third-order valence-electron chi connectivity index (χ3n) is 2.19. The maximum Gasteiger partial charge on any atom is 0.146 e. The number of anilines is 1. The molecule has 0 saturated heterocycles. The van der Waals surface area contributed by atoms with E-state index in [4.69, 9.17) is 11.5 Å². The normalized spacial score (nSPS) is 12.8. The first-order valence-corrected chi connectivity index (χ1v) is 4.40. The van der Waals surface area contributed by atoms with E-state index in [1.54, 1.807) is 12.1 Å². The summed E-state index contributed by atoms with van der Waals surface area (Å²) in [5, 5.41) is 0. The minimum absolute atomic E-state index is 0.210.